The zero-order valence-electron chi connectivity index (χ0n) is 18.1. The van der Waals surface area contributed by atoms with E-state index in [-0.39, 0.29) is 23.9 Å². The maximum Gasteiger partial charge on any atom is 0.255 e. The molecule has 1 aliphatic rings. The Morgan fingerprint density at radius 2 is 1.76 bits per heavy atom. The van der Waals surface area contributed by atoms with E-state index in [1.807, 2.05) is 0 Å². The number of hydrogen-bond donors (Lipinski definition) is 2. The maximum atomic E-state index is 14.3. The normalized spacial score (nSPS) is 14.9. The highest BCUT2D eigenvalue weighted by Crippen LogP contribution is 2.50. The van der Waals surface area contributed by atoms with E-state index in [1.54, 1.807) is 55.8 Å². The fraction of sp³-hybridized carbons (Fsp3) is 0.240. The van der Waals surface area contributed by atoms with Gasteiger partial charge in [-0.25, -0.2) is 8.78 Å². The van der Waals surface area contributed by atoms with Crippen LogP contribution >= 0.6 is 0 Å². The number of carbonyl (C=O) groups excluding carboxylic acids is 2. The Kier molecular flexibility index (Phi) is 6.20. The molecule has 4 rings (SSSR count). The SMILES string of the molecule is CN(CC(N)c1ccc(C(=O)Nc2ccncc2)cc1)C(=O)C1(c2ccc(F)cc2F)CC1. The van der Waals surface area contributed by atoms with Crippen LogP contribution in [0.1, 0.15) is 40.4 Å². The highest BCUT2D eigenvalue weighted by Gasteiger charge is 2.54. The van der Waals surface area contributed by atoms with Crippen LogP contribution in [0.5, 0.6) is 0 Å². The average molecular weight is 450 g/mol. The number of rotatable bonds is 7. The highest BCUT2D eigenvalue weighted by atomic mass is 19.1. The second kappa shape index (κ2) is 9.07. The van der Waals surface area contributed by atoms with Crippen LogP contribution < -0.4 is 11.1 Å². The molecule has 8 heteroatoms. The van der Waals surface area contributed by atoms with Gasteiger partial charge in [0.25, 0.3) is 5.91 Å². The van der Waals surface area contributed by atoms with Crippen molar-refractivity contribution in [1.29, 1.82) is 0 Å². The van der Waals surface area contributed by atoms with Crippen molar-refractivity contribution < 1.29 is 18.4 Å². The quantitative estimate of drug-likeness (QED) is 0.573. The second-order valence-electron chi connectivity index (χ2n) is 8.31. The van der Waals surface area contributed by atoms with Crippen LogP contribution in [-0.4, -0.2) is 35.3 Å². The van der Waals surface area contributed by atoms with Crippen molar-refractivity contribution in [1.82, 2.24) is 9.88 Å². The number of amides is 2. The molecule has 170 valence electrons. The summed E-state index contributed by atoms with van der Waals surface area (Å²) in [6, 6.07) is 13.1. The first-order chi connectivity index (χ1) is 15.8. The van der Waals surface area contributed by atoms with Crippen LogP contribution in [0.3, 0.4) is 0 Å². The summed E-state index contributed by atoms with van der Waals surface area (Å²) in [6.45, 7) is 0.214. The molecule has 3 aromatic rings. The Morgan fingerprint density at radius 1 is 1.09 bits per heavy atom. The van der Waals surface area contributed by atoms with Crippen molar-refractivity contribution in [2.24, 2.45) is 5.73 Å². The maximum absolute atomic E-state index is 14.3. The van der Waals surface area contributed by atoms with E-state index in [4.69, 9.17) is 5.73 Å². The number of carbonyl (C=O) groups is 2. The smallest absolute Gasteiger partial charge is 0.255 e. The van der Waals surface area contributed by atoms with Crippen LogP contribution in [0.2, 0.25) is 0 Å². The van der Waals surface area contributed by atoms with Gasteiger partial charge in [-0.3, -0.25) is 14.6 Å². The molecule has 0 bridgehead atoms. The monoisotopic (exact) mass is 450 g/mol. The standard InChI is InChI=1S/C25H24F2N4O2/c1-31(24(33)25(10-11-25)20-7-6-18(26)14-21(20)27)15-22(28)16-2-4-17(5-3-16)23(32)30-19-8-12-29-13-9-19/h2-9,12-14,22H,10-11,15,28H2,1H3,(H,29,30,32). The molecule has 1 aromatic heterocycles. The van der Waals surface area contributed by atoms with Crippen LogP contribution in [-0.2, 0) is 10.2 Å². The first-order valence-corrected chi connectivity index (χ1v) is 10.6. The van der Waals surface area contributed by atoms with Crippen molar-refractivity contribution in [3.05, 3.63) is 95.3 Å². The third-order valence-electron chi connectivity index (χ3n) is 5.96. The van der Waals surface area contributed by atoms with E-state index in [1.165, 1.54) is 17.0 Å². The first-order valence-electron chi connectivity index (χ1n) is 10.6. The van der Waals surface area contributed by atoms with Gasteiger partial charge in [0.15, 0.2) is 0 Å². The molecule has 1 aliphatic carbocycles. The van der Waals surface area contributed by atoms with Crippen molar-refractivity contribution in [3.8, 4) is 0 Å². The van der Waals surface area contributed by atoms with Crippen molar-refractivity contribution in [3.63, 3.8) is 0 Å². The Balaban J connectivity index is 1.40. The Morgan fingerprint density at radius 3 is 2.36 bits per heavy atom. The molecule has 0 saturated heterocycles. The molecule has 1 saturated carbocycles. The minimum Gasteiger partial charge on any atom is -0.343 e. The van der Waals surface area contributed by atoms with Gasteiger partial charge in [-0.2, -0.15) is 0 Å². The minimum atomic E-state index is -0.957. The summed E-state index contributed by atoms with van der Waals surface area (Å²) in [6.07, 6.45) is 4.20. The molecule has 2 aromatic carbocycles. The summed E-state index contributed by atoms with van der Waals surface area (Å²) in [5.74, 6) is -1.88. The van der Waals surface area contributed by atoms with Crippen LogP contribution in [0.4, 0.5) is 14.5 Å². The number of hydrogen-bond acceptors (Lipinski definition) is 4. The molecule has 1 unspecified atom stereocenters. The van der Waals surface area contributed by atoms with Crippen molar-refractivity contribution >= 4 is 17.5 Å². The number of aromatic nitrogens is 1. The molecule has 0 aliphatic heterocycles. The number of anilines is 1. The molecule has 1 atom stereocenters. The topological polar surface area (TPSA) is 88.3 Å². The fourth-order valence-electron chi connectivity index (χ4n) is 3.97. The van der Waals surface area contributed by atoms with Crippen LogP contribution in [0, 0.1) is 11.6 Å². The van der Waals surface area contributed by atoms with E-state index < -0.39 is 23.1 Å². The Bertz CT molecular complexity index is 1160. The van der Waals surface area contributed by atoms with Crippen molar-refractivity contribution in [2.45, 2.75) is 24.3 Å². The van der Waals surface area contributed by atoms with Crippen LogP contribution in [0.25, 0.3) is 0 Å². The molecule has 0 radical (unpaired) electrons. The molecular formula is C25H24F2N4O2. The number of likely N-dealkylation sites (N-methyl/N-ethyl adjacent to an activating group) is 1. The lowest BCUT2D eigenvalue weighted by Crippen LogP contribution is -2.40. The third kappa shape index (κ3) is 4.75. The third-order valence-corrected chi connectivity index (χ3v) is 5.96. The van der Waals surface area contributed by atoms with E-state index in [2.05, 4.69) is 10.3 Å². The summed E-state index contributed by atoms with van der Waals surface area (Å²) >= 11 is 0. The van der Waals surface area contributed by atoms with E-state index in [9.17, 15) is 18.4 Å². The second-order valence-corrected chi connectivity index (χ2v) is 8.31. The van der Waals surface area contributed by atoms with Crippen molar-refractivity contribution in [2.75, 3.05) is 18.9 Å². The predicted octanol–water partition coefficient (Wildman–Crippen LogP) is 3.80. The zero-order chi connectivity index (χ0) is 23.6. The number of pyridine rings is 1. The van der Waals surface area contributed by atoms with Gasteiger partial charge in [0.1, 0.15) is 11.6 Å². The molecule has 1 heterocycles. The Labute approximate surface area is 190 Å². The van der Waals surface area contributed by atoms with Gasteiger partial charge in [0, 0.05) is 54.9 Å². The fourth-order valence-corrected chi connectivity index (χ4v) is 3.97. The van der Waals surface area contributed by atoms with Gasteiger partial charge in [0.2, 0.25) is 5.91 Å². The van der Waals surface area contributed by atoms with Gasteiger partial charge in [-0.05, 0) is 48.7 Å². The molecule has 3 N–H and O–H groups in total. The first kappa shape index (κ1) is 22.5. The summed E-state index contributed by atoms with van der Waals surface area (Å²) in [4.78, 5) is 30.9. The van der Waals surface area contributed by atoms with E-state index in [0.29, 0.717) is 24.1 Å². The summed E-state index contributed by atoms with van der Waals surface area (Å²) < 4.78 is 27.6. The largest absolute Gasteiger partial charge is 0.343 e. The summed E-state index contributed by atoms with van der Waals surface area (Å²) in [7, 11) is 1.63. The van der Waals surface area contributed by atoms with E-state index in [0.717, 1.165) is 11.6 Å². The number of benzene rings is 2. The van der Waals surface area contributed by atoms with Gasteiger partial charge in [-0.15, -0.1) is 0 Å². The van der Waals surface area contributed by atoms with Gasteiger partial charge in [-0.1, -0.05) is 18.2 Å². The van der Waals surface area contributed by atoms with Gasteiger partial charge in [0.05, 0.1) is 5.41 Å². The van der Waals surface area contributed by atoms with Gasteiger partial charge >= 0.3 is 0 Å². The number of nitrogens with two attached hydrogens (primary N) is 1. The molecule has 33 heavy (non-hydrogen) atoms. The predicted molar refractivity (Wildman–Crippen MR) is 120 cm³/mol. The van der Waals surface area contributed by atoms with E-state index >= 15 is 0 Å². The Hall–Kier alpha value is -3.65. The minimum absolute atomic E-state index is 0.214. The summed E-state index contributed by atoms with van der Waals surface area (Å²) in [5, 5.41) is 2.78. The number of nitrogens with zero attached hydrogens (tertiary/aromatic N) is 2. The highest BCUT2D eigenvalue weighted by molar-refractivity contribution is 6.04. The molecule has 0 spiro atoms. The molecule has 6 nitrogen and oxygen atoms in total. The lowest BCUT2D eigenvalue weighted by atomic mass is 9.93. The summed E-state index contributed by atoms with van der Waals surface area (Å²) in [5.41, 5.74) is 7.44. The van der Waals surface area contributed by atoms with Crippen LogP contribution in [0.15, 0.2) is 67.0 Å². The lowest BCUT2D eigenvalue weighted by molar-refractivity contribution is -0.133. The number of halogens is 2. The number of nitrogens with one attached hydrogen (secondary N) is 1. The lowest BCUT2D eigenvalue weighted by Gasteiger charge is -2.27. The molecule has 1 fully saturated rings. The van der Waals surface area contributed by atoms with Gasteiger partial charge < -0.3 is 16.0 Å². The molecular weight excluding hydrogens is 426 g/mol. The average Bonchev–Trinajstić information content (AvgIpc) is 3.61. The molecule has 2 amide bonds. The zero-order valence-corrected chi connectivity index (χ0v) is 18.1.